The minimum absolute atomic E-state index is 0.0989. The summed E-state index contributed by atoms with van der Waals surface area (Å²) in [7, 11) is 0. The molecule has 1 atom stereocenters. The van der Waals surface area contributed by atoms with Gasteiger partial charge >= 0.3 is 5.97 Å². The van der Waals surface area contributed by atoms with Crippen molar-refractivity contribution in [2.45, 2.75) is 78.4 Å². The van der Waals surface area contributed by atoms with Crippen LogP contribution in [0.2, 0.25) is 0 Å². The van der Waals surface area contributed by atoms with E-state index in [2.05, 4.69) is 32.9 Å². The van der Waals surface area contributed by atoms with Crippen molar-refractivity contribution >= 4 is 5.97 Å². The molecule has 0 aliphatic rings. The van der Waals surface area contributed by atoms with Gasteiger partial charge in [0, 0.05) is 6.42 Å². The van der Waals surface area contributed by atoms with Crippen molar-refractivity contribution in [2.75, 3.05) is 6.61 Å². The Balaban J connectivity index is 2.84. The molecule has 0 amide bonds. The maximum atomic E-state index is 11.6. The number of hydrogen-bond donors (Lipinski definition) is 0. The average Bonchev–Trinajstić information content (AvgIpc) is 2.46. The van der Waals surface area contributed by atoms with Crippen LogP contribution in [0.3, 0.4) is 0 Å². The van der Waals surface area contributed by atoms with E-state index in [4.69, 9.17) is 14.5 Å². The second-order valence-corrected chi connectivity index (χ2v) is 8.00. The molecule has 0 aliphatic carbocycles. The Kier molecular flexibility index (Phi) is 7.43. The monoisotopic (exact) mass is 336 g/mol. The molecule has 0 bridgehead atoms. The van der Waals surface area contributed by atoms with Crippen LogP contribution in [0.1, 0.15) is 78.5 Å². The Morgan fingerprint density at radius 1 is 1.04 bits per heavy atom. The van der Waals surface area contributed by atoms with Gasteiger partial charge in [-0.2, -0.15) is 0 Å². The summed E-state index contributed by atoms with van der Waals surface area (Å²) in [5, 5.41) is 0. The predicted octanol–water partition coefficient (Wildman–Crippen LogP) is 5.12. The number of hydrogen-bond acceptors (Lipinski definition) is 4. The van der Waals surface area contributed by atoms with E-state index in [1.165, 1.54) is 5.56 Å². The molecular formula is C20H32O4. The molecule has 4 nitrogen and oxygen atoms in total. The van der Waals surface area contributed by atoms with Crippen LogP contribution in [0.25, 0.3) is 0 Å². The quantitative estimate of drug-likeness (QED) is 0.394. The van der Waals surface area contributed by atoms with Crippen LogP contribution >= 0.6 is 0 Å². The third-order valence-electron chi connectivity index (χ3n) is 3.48. The summed E-state index contributed by atoms with van der Waals surface area (Å²) in [6.45, 7) is 14.5. The molecule has 4 heteroatoms. The predicted molar refractivity (Wildman–Crippen MR) is 95.7 cm³/mol. The molecule has 0 fully saturated rings. The lowest BCUT2D eigenvalue weighted by Gasteiger charge is -2.24. The second-order valence-electron chi connectivity index (χ2n) is 8.00. The zero-order chi connectivity index (χ0) is 18.4. The number of ether oxygens (including phenoxy) is 1. The van der Waals surface area contributed by atoms with Crippen molar-refractivity contribution in [2.24, 2.45) is 0 Å². The molecule has 1 aromatic carbocycles. The standard InChI is InChI=1S/C20H32O4/c1-8-22-18(21)14-13-17(23-24-20(5,6)7)15-9-11-16(12-10-15)19(2,3)4/h9-12,17H,8,13-14H2,1-7H3. The Bertz CT molecular complexity index is 506. The largest absolute Gasteiger partial charge is 0.466 e. The highest BCUT2D eigenvalue weighted by Crippen LogP contribution is 2.29. The average molecular weight is 336 g/mol. The van der Waals surface area contributed by atoms with Crippen LogP contribution in [0, 0.1) is 0 Å². The summed E-state index contributed by atoms with van der Waals surface area (Å²) in [6.07, 6.45) is 0.513. The van der Waals surface area contributed by atoms with Gasteiger partial charge in [0.15, 0.2) is 0 Å². The van der Waals surface area contributed by atoms with Gasteiger partial charge in [0.25, 0.3) is 0 Å². The number of carbonyl (C=O) groups is 1. The number of esters is 1. The lowest BCUT2D eigenvalue weighted by molar-refractivity contribution is -0.376. The fourth-order valence-corrected chi connectivity index (χ4v) is 2.15. The highest BCUT2D eigenvalue weighted by Gasteiger charge is 2.21. The summed E-state index contributed by atoms with van der Waals surface area (Å²) >= 11 is 0. The minimum Gasteiger partial charge on any atom is -0.466 e. The van der Waals surface area contributed by atoms with Gasteiger partial charge in [-0.3, -0.25) is 4.79 Å². The van der Waals surface area contributed by atoms with E-state index in [9.17, 15) is 4.79 Å². The molecule has 0 N–H and O–H groups in total. The van der Waals surface area contributed by atoms with Gasteiger partial charge in [-0.1, -0.05) is 45.0 Å². The van der Waals surface area contributed by atoms with Crippen molar-refractivity contribution in [3.8, 4) is 0 Å². The van der Waals surface area contributed by atoms with E-state index < -0.39 is 5.60 Å². The smallest absolute Gasteiger partial charge is 0.305 e. The van der Waals surface area contributed by atoms with Crippen molar-refractivity contribution in [1.29, 1.82) is 0 Å². The van der Waals surface area contributed by atoms with Gasteiger partial charge in [0.05, 0.1) is 12.2 Å². The van der Waals surface area contributed by atoms with Crippen LogP contribution in [0.15, 0.2) is 24.3 Å². The van der Waals surface area contributed by atoms with Gasteiger partial charge in [0.1, 0.15) is 6.10 Å². The lowest BCUT2D eigenvalue weighted by atomic mass is 9.86. The fourth-order valence-electron chi connectivity index (χ4n) is 2.15. The van der Waals surface area contributed by atoms with E-state index in [0.717, 1.165) is 5.56 Å². The number of benzene rings is 1. The topological polar surface area (TPSA) is 44.8 Å². The normalized spacial score (nSPS) is 13.6. The van der Waals surface area contributed by atoms with Crippen molar-refractivity contribution < 1.29 is 19.3 Å². The van der Waals surface area contributed by atoms with Crippen molar-refractivity contribution in [3.63, 3.8) is 0 Å². The van der Waals surface area contributed by atoms with Crippen LogP contribution < -0.4 is 0 Å². The molecule has 0 spiro atoms. The molecular weight excluding hydrogens is 304 g/mol. The van der Waals surface area contributed by atoms with Gasteiger partial charge in [-0.15, -0.1) is 0 Å². The second kappa shape index (κ2) is 8.63. The maximum absolute atomic E-state index is 11.6. The molecule has 1 unspecified atom stereocenters. The maximum Gasteiger partial charge on any atom is 0.305 e. The first-order valence-electron chi connectivity index (χ1n) is 8.63. The van der Waals surface area contributed by atoms with Crippen LogP contribution in [0.4, 0.5) is 0 Å². The molecule has 1 aromatic rings. The van der Waals surface area contributed by atoms with Crippen LogP contribution in [-0.2, 0) is 24.7 Å². The van der Waals surface area contributed by atoms with Gasteiger partial charge in [0.2, 0.25) is 0 Å². The summed E-state index contributed by atoms with van der Waals surface area (Å²) in [4.78, 5) is 22.8. The zero-order valence-electron chi connectivity index (χ0n) is 16.1. The zero-order valence-corrected chi connectivity index (χ0v) is 16.1. The Hall–Kier alpha value is -1.39. The highest BCUT2D eigenvalue weighted by atomic mass is 17.2. The SMILES string of the molecule is CCOC(=O)CCC(OOC(C)(C)C)c1ccc(C(C)(C)C)cc1. The molecule has 0 heterocycles. The summed E-state index contributed by atoms with van der Waals surface area (Å²) in [6, 6.07) is 8.30. The minimum atomic E-state index is -0.409. The third kappa shape index (κ3) is 7.45. The summed E-state index contributed by atoms with van der Waals surface area (Å²) in [5.41, 5.74) is 1.94. The molecule has 24 heavy (non-hydrogen) atoms. The van der Waals surface area contributed by atoms with Gasteiger partial charge in [-0.25, -0.2) is 9.78 Å². The van der Waals surface area contributed by atoms with Crippen LogP contribution in [-0.4, -0.2) is 18.2 Å². The van der Waals surface area contributed by atoms with Crippen molar-refractivity contribution in [1.82, 2.24) is 0 Å². The third-order valence-corrected chi connectivity index (χ3v) is 3.48. The molecule has 0 aromatic heterocycles. The molecule has 0 saturated carbocycles. The molecule has 0 aliphatic heterocycles. The van der Waals surface area contributed by atoms with Crippen LogP contribution in [0.5, 0.6) is 0 Å². The highest BCUT2D eigenvalue weighted by molar-refractivity contribution is 5.69. The first-order valence-corrected chi connectivity index (χ1v) is 8.63. The van der Waals surface area contributed by atoms with E-state index in [1.807, 2.05) is 32.9 Å². The van der Waals surface area contributed by atoms with Crippen molar-refractivity contribution in [3.05, 3.63) is 35.4 Å². The number of rotatable bonds is 7. The number of carbonyl (C=O) groups excluding carboxylic acids is 1. The Morgan fingerprint density at radius 3 is 2.08 bits per heavy atom. The fraction of sp³-hybridized carbons (Fsp3) is 0.650. The summed E-state index contributed by atoms with van der Waals surface area (Å²) < 4.78 is 5.00. The first kappa shape index (κ1) is 20.7. The Labute approximate surface area is 146 Å². The first-order chi connectivity index (χ1) is 11.0. The van der Waals surface area contributed by atoms with Gasteiger partial charge in [-0.05, 0) is 50.7 Å². The molecule has 1 rings (SSSR count). The van der Waals surface area contributed by atoms with E-state index in [-0.39, 0.29) is 17.5 Å². The van der Waals surface area contributed by atoms with E-state index in [1.54, 1.807) is 6.92 Å². The summed E-state index contributed by atoms with van der Waals surface area (Å²) in [5.74, 6) is -0.215. The Morgan fingerprint density at radius 2 is 1.62 bits per heavy atom. The van der Waals surface area contributed by atoms with E-state index >= 15 is 0 Å². The van der Waals surface area contributed by atoms with Gasteiger partial charge < -0.3 is 4.74 Å². The lowest BCUT2D eigenvalue weighted by Crippen LogP contribution is -2.22. The van der Waals surface area contributed by atoms with E-state index in [0.29, 0.717) is 19.4 Å². The molecule has 0 radical (unpaired) electrons. The molecule has 136 valence electrons. The molecule has 0 saturated heterocycles.